The van der Waals surface area contributed by atoms with Gasteiger partial charge in [-0.2, -0.15) is 8.42 Å². The lowest BCUT2D eigenvalue weighted by atomic mass is 10.3. The second-order valence-electron chi connectivity index (χ2n) is 4.42. The number of halogens is 1. The second-order valence-corrected chi connectivity index (χ2v) is 5.99. The first kappa shape index (κ1) is 13.5. The standard InChI is InChI=1S/C13H11FN4O2S/c1-18(10-4-6-15-7-5-10)13-16-11-3-2-9(14)8-12(11)21(19,20)17-13/h2-8H,1H3,(H,16,17). The van der Waals surface area contributed by atoms with Gasteiger partial charge in [-0.05, 0) is 30.3 Å². The van der Waals surface area contributed by atoms with Gasteiger partial charge in [-0.25, -0.2) is 4.39 Å². The normalized spacial score (nSPS) is 15.6. The summed E-state index contributed by atoms with van der Waals surface area (Å²) in [5.41, 5.74) is 1.01. The lowest BCUT2D eigenvalue weighted by Crippen LogP contribution is -2.36. The van der Waals surface area contributed by atoms with Gasteiger partial charge in [0, 0.05) is 25.1 Å². The predicted molar refractivity (Wildman–Crippen MR) is 77.3 cm³/mol. The summed E-state index contributed by atoms with van der Waals surface area (Å²) in [7, 11) is -2.27. The number of hydrogen-bond donors (Lipinski definition) is 1. The van der Waals surface area contributed by atoms with Crippen LogP contribution in [0.3, 0.4) is 0 Å². The highest BCUT2D eigenvalue weighted by atomic mass is 32.2. The van der Waals surface area contributed by atoms with E-state index in [9.17, 15) is 12.8 Å². The zero-order valence-electron chi connectivity index (χ0n) is 11.0. The number of nitrogens with one attached hydrogen (secondary N) is 1. The topological polar surface area (TPSA) is 74.7 Å². The third-order valence-corrected chi connectivity index (χ3v) is 4.35. The van der Waals surface area contributed by atoms with Crippen molar-refractivity contribution in [2.45, 2.75) is 4.90 Å². The third-order valence-electron chi connectivity index (χ3n) is 3.04. The molecule has 0 fully saturated rings. The molecule has 8 heteroatoms. The highest BCUT2D eigenvalue weighted by Gasteiger charge is 2.27. The zero-order chi connectivity index (χ0) is 15.0. The van der Waals surface area contributed by atoms with Crippen LogP contribution in [0.25, 0.3) is 0 Å². The first-order valence-corrected chi connectivity index (χ1v) is 7.47. The highest BCUT2D eigenvalue weighted by Crippen LogP contribution is 2.29. The predicted octanol–water partition coefficient (Wildman–Crippen LogP) is 1.83. The van der Waals surface area contributed by atoms with E-state index < -0.39 is 15.8 Å². The second kappa shape index (κ2) is 4.81. The molecule has 3 rings (SSSR count). The Balaban J connectivity index is 2.05. The van der Waals surface area contributed by atoms with Gasteiger partial charge in [0.1, 0.15) is 10.7 Å². The van der Waals surface area contributed by atoms with Gasteiger partial charge in [-0.3, -0.25) is 4.98 Å². The fraction of sp³-hybridized carbons (Fsp3) is 0.0769. The van der Waals surface area contributed by atoms with Crippen LogP contribution in [-0.4, -0.2) is 26.4 Å². The van der Waals surface area contributed by atoms with E-state index in [2.05, 4.69) is 14.7 Å². The van der Waals surface area contributed by atoms with Crippen LogP contribution in [0, 0.1) is 5.82 Å². The molecule has 2 aromatic rings. The maximum atomic E-state index is 13.2. The number of fused-ring (bicyclic) bond motifs is 1. The van der Waals surface area contributed by atoms with Crippen molar-refractivity contribution in [1.29, 1.82) is 0 Å². The molecule has 108 valence electrons. The molecule has 21 heavy (non-hydrogen) atoms. The molecule has 1 aliphatic heterocycles. The number of hydrogen-bond acceptors (Lipinski definition) is 5. The fourth-order valence-corrected chi connectivity index (χ4v) is 3.11. The number of guanidine groups is 1. The van der Waals surface area contributed by atoms with E-state index in [4.69, 9.17) is 0 Å². The van der Waals surface area contributed by atoms with E-state index >= 15 is 0 Å². The van der Waals surface area contributed by atoms with Gasteiger partial charge in [0.2, 0.25) is 5.96 Å². The van der Waals surface area contributed by atoms with Crippen molar-refractivity contribution in [2.75, 3.05) is 17.3 Å². The summed E-state index contributed by atoms with van der Waals surface area (Å²) < 4.78 is 41.2. The summed E-state index contributed by atoms with van der Waals surface area (Å²) in [5.74, 6) is -0.486. The van der Waals surface area contributed by atoms with E-state index in [0.717, 1.165) is 11.8 Å². The largest absolute Gasteiger partial charge is 0.324 e. The summed E-state index contributed by atoms with van der Waals surface area (Å²) in [5, 5.41) is 2.89. The monoisotopic (exact) mass is 306 g/mol. The van der Waals surface area contributed by atoms with Gasteiger partial charge in [0.15, 0.2) is 0 Å². The van der Waals surface area contributed by atoms with Gasteiger partial charge in [-0.1, -0.05) is 0 Å². The number of sulfonamides is 1. The minimum absolute atomic E-state index is 0.139. The summed E-state index contributed by atoms with van der Waals surface area (Å²) >= 11 is 0. The Morgan fingerprint density at radius 2 is 1.90 bits per heavy atom. The molecule has 0 radical (unpaired) electrons. The molecule has 0 unspecified atom stereocenters. The van der Waals surface area contributed by atoms with Crippen molar-refractivity contribution in [3.05, 3.63) is 48.5 Å². The first-order chi connectivity index (χ1) is 9.97. The number of aromatic nitrogens is 1. The van der Waals surface area contributed by atoms with Gasteiger partial charge >= 0.3 is 0 Å². The molecular weight excluding hydrogens is 295 g/mol. The van der Waals surface area contributed by atoms with E-state index in [1.54, 1.807) is 36.5 Å². The molecule has 1 N–H and O–H groups in total. The molecule has 1 aliphatic rings. The molecule has 0 bridgehead atoms. The Morgan fingerprint density at radius 3 is 2.62 bits per heavy atom. The molecule has 0 aliphatic carbocycles. The summed E-state index contributed by atoms with van der Waals surface area (Å²) in [4.78, 5) is 5.30. The Labute approximate surface area is 121 Å². The van der Waals surface area contributed by atoms with Crippen LogP contribution in [-0.2, 0) is 10.0 Å². The van der Waals surface area contributed by atoms with E-state index in [1.807, 2.05) is 0 Å². The van der Waals surface area contributed by atoms with Crippen molar-refractivity contribution in [3.8, 4) is 0 Å². The molecule has 0 atom stereocenters. The van der Waals surface area contributed by atoms with Crippen LogP contribution < -0.4 is 10.2 Å². The van der Waals surface area contributed by atoms with Crippen molar-refractivity contribution >= 4 is 27.4 Å². The molecule has 6 nitrogen and oxygen atoms in total. The average molecular weight is 306 g/mol. The maximum absolute atomic E-state index is 13.2. The molecule has 0 spiro atoms. The molecule has 0 amide bonds. The molecule has 0 saturated heterocycles. The highest BCUT2D eigenvalue weighted by molar-refractivity contribution is 7.90. The van der Waals surface area contributed by atoms with E-state index in [-0.39, 0.29) is 10.9 Å². The van der Waals surface area contributed by atoms with E-state index in [1.165, 1.54) is 12.1 Å². The van der Waals surface area contributed by atoms with Crippen molar-refractivity contribution < 1.29 is 12.8 Å². The van der Waals surface area contributed by atoms with Crippen LogP contribution >= 0.6 is 0 Å². The lowest BCUT2D eigenvalue weighted by molar-refractivity contribution is 0.592. The molecular formula is C13H11FN4O2S. The summed E-state index contributed by atoms with van der Waals surface area (Å²) in [6.07, 6.45) is 3.18. The average Bonchev–Trinajstić information content (AvgIpc) is 2.47. The van der Waals surface area contributed by atoms with Gasteiger partial charge in [-0.15, -0.1) is 4.40 Å². The smallest absolute Gasteiger partial charge is 0.287 e. The Morgan fingerprint density at radius 1 is 1.19 bits per heavy atom. The van der Waals surface area contributed by atoms with Crippen LogP contribution in [0.5, 0.6) is 0 Å². The quantitative estimate of drug-likeness (QED) is 0.870. The summed E-state index contributed by atoms with van der Waals surface area (Å²) in [6.45, 7) is 0. The first-order valence-electron chi connectivity index (χ1n) is 6.03. The SMILES string of the molecule is CN(C1=NS(=O)(=O)c2cc(F)ccc2N1)c1ccncc1. The molecule has 1 aromatic heterocycles. The van der Waals surface area contributed by atoms with Crippen molar-refractivity contribution in [3.63, 3.8) is 0 Å². The van der Waals surface area contributed by atoms with Gasteiger partial charge in [0.05, 0.1) is 5.69 Å². The minimum atomic E-state index is -3.94. The number of nitrogens with zero attached hydrogens (tertiary/aromatic N) is 3. The number of benzene rings is 1. The lowest BCUT2D eigenvalue weighted by Gasteiger charge is -2.25. The molecule has 1 aromatic carbocycles. The Bertz CT molecular complexity index is 821. The Hall–Kier alpha value is -2.48. The number of anilines is 2. The molecule has 0 saturated carbocycles. The van der Waals surface area contributed by atoms with Gasteiger partial charge < -0.3 is 10.2 Å². The van der Waals surface area contributed by atoms with Crippen LogP contribution in [0.1, 0.15) is 0 Å². The zero-order valence-corrected chi connectivity index (χ0v) is 11.8. The minimum Gasteiger partial charge on any atom is -0.324 e. The fourth-order valence-electron chi connectivity index (χ4n) is 1.95. The van der Waals surface area contributed by atoms with Crippen molar-refractivity contribution in [1.82, 2.24) is 4.98 Å². The van der Waals surface area contributed by atoms with Crippen molar-refractivity contribution in [2.24, 2.45) is 4.40 Å². The van der Waals surface area contributed by atoms with Crippen LogP contribution in [0.15, 0.2) is 52.0 Å². The number of pyridine rings is 1. The van der Waals surface area contributed by atoms with E-state index in [0.29, 0.717) is 5.69 Å². The Kier molecular flexibility index (Phi) is 3.09. The maximum Gasteiger partial charge on any atom is 0.287 e. The third kappa shape index (κ3) is 2.45. The van der Waals surface area contributed by atoms with Crippen LogP contribution in [0.4, 0.5) is 15.8 Å². The van der Waals surface area contributed by atoms with Crippen LogP contribution in [0.2, 0.25) is 0 Å². The van der Waals surface area contributed by atoms with Gasteiger partial charge in [0.25, 0.3) is 10.0 Å². The summed E-state index contributed by atoms with van der Waals surface area (Å²) in [6, 6.07) is 6.95. The number of rotatable bonds is 1. The molecule has 2 heterocycles.